The fourth-order valence-electron chi connectivity index (χ4n) is 5.64. The summed E-state index contributed by atoms with van der Waals surface area (Å²) < 4.78 is 18.9. The second-order valence-corrected chi connectivity index (χ2v) is 9.94. The number of fused-ring (bicyclic) bond motifs is 1. The van der Waals surface area contributed by atoms with Crippen LogP contribution in [0.1, 0.15) is 10.4 Å². The third-order valence-corrected chi connectivity index (χ3v) is 7.77. The van der Waals surface area contributed by atoms with Gasteiger partial charge in [-0.2, -0.15) is 0 Å². The lowest BCUT2D eigenvalue weighted by atomic mass is 10.0. The highest BCUT2D eigenvalue weighted by atomic mass is 19.1. The number of pyridine rings is 1. The van der Waals surface area contributed by atoms with E-state index in [4.69, 9.17) is 9.72 Å². The number of hydrogen-bond donors (Lipinski definition) is 0. The van der Waals surface area contributed by atoms with Gasteiger partial charge in [-0.05, 0) is 41.8 Å². The lowest BCUT2D eigenvalue weighted by Crippen LogP contribution is -2.49. The first-order valence-electron chi connectivity index (χ1n) is 13.4. The van der Waals surface area contributed by atoms with Crippen molar-refractivity contribution in [3.8, 4) is 5.75 Å². The molecule has 2 aliphatic heterocycles. The van der Waals surface area contributed by atoms with E-state index >= 15 is 0 Å². The minimum atomic E-state index is -0.242. The second kappa shape index (κ2) is 10.8. The normalized spacial score (nSPS) is 16.1. The van der Waals surface area contributed by atoms with Crippen molar-refractivity contribution in [3.05, 3.63) is 90.4 Å². The first-order chi connectivity index (χ1) is 19.1. The molecule has 0 aliphatic carbocycles. The molecule has 0 atom stereocenters. The summed E-state index contributed by atoms with van der Waals surface area (Å²) in [5, 5.41) is 1.93. The highest BCUT2D eigenvalue weighted by molar-refractivity contribution is 6.09. The molecule has 2 saturated heterocycles. The summed E-state index contributed by atoms with van der Waals surface area (Å²) in [5.41, 5.74) is 2.72. The molecule has 4 aromatic rings. The van der Waals surface area contributed by atoms with E-state index in [1.165, 1.54) is 12.1 Å². The van der Waals surface area contributed by atoms with E-state index in [-0.39, 0.29) is 11.7 Å². The third kappa shape index (κ3) is 4.94. The molecule has 1 amide bonds. The molecule has 0 spiro atoms. The van der Waals surface area contributed by atoms with Crippen molar-refractivity contribution in [1.29, 1.82) is 0 Å². The Balaban J connectivity index is 1.17. The number of carbonyl (C=O) groups is 1. The van der Waals surface area contributed by atoms with Gasteiger partial charge in [-0.25, -0.2) is 9.37 Å². The van der Waals surface area contributed by atoms with Crippen LogP contribution in [0.4, 0.5) is 21.6 Å². The van der Waals surface area contributed by atoms with Crippen molar-refractivity contribution in [2.45, 2.75) is 0 Å². The van der Waals surface area contributed by atoms with Crippen molar-refractivity contribution >= 4 is 33.9 Å². The molecule has 0 bridgehead atoms. The van der Waals surface area contributed by atoms with Crippen LogP contribution in [0, 0.1) is 5.82 Å². The predicted molar refractivity (Wildman–Crippen MR) is 154 cm³/mol. The largest absolute Gasteiger partial charge is 0.495 e. The van der Waals surface area contributed by atoms with E-state index < -0.39 is 0 Å². The Hall–Kier alpha value is -4.33. The third-order valence-electron chi connectivity index (χ3n) is 7.77. The van der Waals surface area contributed by atoms with Crippen molar-refractivity contribution in [2.75, 3.05) is 74.2 Å². The Kier molecular flexibility index (Phi) is 6.92. The first-order valence-corrected chi connectivity index (χ1v) is 13.4. The van der Waals surface area contributed by atoms with Gasteiger partial charge in [0.05, 0.1) is 18.4 Å². The van der Waals surface area contributed by atoms with Gasteiger partial charge in [0.2, 0.25) is 0 Å². The van der Waals surface area contributed by atoms with Gasteiger partial charge in [-0.3, -0.25) is 4.79 Å². The molecule has 7 nitrogen and oxygen atoms in total. The Morgan fingerprint density at radius 3 is 2.08 bits per heavy atom. The van der Waals surface area contributed by atoms with Crippen molar-refractivity contribution < 1.29 is 13.9 Å². The molecular weight excluding hydrogens is 493 g/mol. The topological polar surface area (TPSA) is 52.2 Å². The average molecular weight is 526 g/mol. The van der Waals surface area contributed by atoms with Crippen LogP contribution in [0.5, 0.6) is 5.75 Å². The molecule has 0 saturated carbocycles. The Morgan fingerprint density at radius 2 is 1.36 bits per heavy atom. The standard InChI is InChI=1S/C31H32FN5O2/c1-39-29-9-5-4-8-28(29)35-16-18-36(19-17-35)30-26-7-3-2-6-25(26)27(22-33-30)31(38)37-20-14-34(15-21-37)24-12-10-23(32)11-13-24/h2-13,22H,14-21H2,1H3. The number of ether oxygens (including phenoxy) is 1. The van der Waals surface area contributed by atoms with E-state index in [0.717, 1.165) is 59.9 Å². The summed E-state index contributed by atoms with van der Waals surface area (Å²) >= 11 is 0. The van der Waals surface area contributed by atoms with Gasteiger partial charge in [-0.15, -0.1) is 0 Å². The number of benzene rings is 3. The molecular formula is C31H32FN5O2. The lowest BCUT2D eigenvalue weighted by Gasteiger charge is -2.38. The Morgan fingerprint density at radius 1 is 0.744 bits per heavy atom. The molecule has 0 unspecified atom stereocenters. The van der Waals surface area contributed by atoms with Crippen LogP contribution in [0.2, 0.25) is 0 Å². The first kappa shape index (κ1) is 25.0. The zero-order valence-corrected chi connectivity index (χ0v) is 22.1. The maximum atomic E-state index is 13.6. The lowest BCUT2D eigenvalue weighted by molar-refractivity contribution is 0.0748. The maximum absolute atomic E-state index is 13.6. The smallest absolute Gasteiger partial charge is 0.256 e. The van der Waals surface area contributed by atoms with E-state index in [9.17, 15) is 9.18 Å². The van der Waals surface area contributed by atoms with Gasteiger partial charge in [0.1, 0.15) is 17.4 Å². The number of nitrogens with zero attached hydrogens (tertiary/aromatic N) is 5. The summed E-state index contributed by atoms with van der Waals surface area (Å²) in [4.78, 5) is 27.2. The van der Waals surface area contributed by atoms with E-state index in [0.29, 0.717) is 31.7 Å². The minimum Gasteiger partial charge on any atom is -0.495 e. The van der Waals surface area contributed by atoms with Gasteiger partial charge in [-0.1, -0.05) is 36.4 Å². The zero-order valence-electron chi connectivity index (χ0n) is 22.1. The van der Waals surface area contributed by atoms with Crippen molar-refractivity contribution in [3.63, 3.8) is 0 Å². The quantitative estimate of drug-likeness (QED) is 0.378. The number of para-hydroxylation sites is 2. The van der Waals surface area contributed by atoms with Gasteiger partial charge in [0.25, 0.3) is 5.91 Å². The number of carbonyl (C=O) groups excluding carboxylic acids is 1. The van der Waals surface area contributed by atoms with E-state index in [2.05, 4.69) is 26.8 Å². The number of methoxy groups -OCH3 is 1. The van der Waals surface area contributed by atoms with Crippen LogP contribution < -0.4 is 19.4 Å². The van der Waals surface area contributed by atoms with Gasteiger partial charge in [0.15, 0.2) is 0 Å². The monoisotopic (exact) mass is 525 g/mol. The second-order valence-electron chi connectivity index (χ2n) is 9.94. The number of hydrogen-bond acceptors (Lipinski definition) is 6. The predicted octanol–water partition coefficient (Wildman–Crippen LogP) is 4.67. The van der Waals surface area contributed by atoms with Gasteiger partial charge < -0.3 is 24.3 Å². The molecule has 39 heavy (non-hydrogen) atoms. The summed E-state index contributed by atoms with van der Waals surface area (Å²) in [6.07, 6.45) is 1.75. The molecule has 2 aliphatic rings. The van der Waals surface area contributed by atoms with Gasteiger partial charge in [0, 0.05) is 69.6 Å². The molecule has 0 radical (unpaired) electrons. The molecule has 6 rings (SSSR count). The summed E-state index contributed by atoms with van der Waals surface area (Å²) in [5.74, 6) is 1.57. The summed E-state index contributed by atoms with van der Waals surface area (Å²) in [6, 6.07) is 22.7. The average Bonchev–Trinajstić information content (AvgIpc) is 3.01. The summed E-state index contributed by atoms with van der Waals surface area (Å²) in [6.45, 7) is 6.00. The number of amides is 1. The van der Waals surface area contributed by atoms with E-state index in [1.807, 2.05) is 41.3 Å². The summed E-state index contributed by atoms with van der Waals surface area (Å²) in [7, 11) is 1.71. The van der Waals surface area contributed by atoms with Crippen LogP contribution in [0.25, 0.3) is 10.8 Å². The Labute approximate surface area is 228 Å². The number of aromatic nitrogens is 1. The number of piperazine rings is 2. The molecule has 200 valence electrons. The molecule has 3 aromatic carbocycles. The maximum Gasteiger partial charge on any atom is 0.256 e. The molecule has 8 heteroatoms. The molecule has 3 heterocycles. The molecule has 0 N–H and O–H groups in total. The van der Waals surface area contributed by atoms with Crippen LogP contribution >= 0.6 is 0 Å². The van der Waals surface area contributed by atoms with Crippen LogP contribution in [0.15, 0.2) is 79.0 Å². The molecule has 1 aromatic heterocycles. The van der Waals surface area contributed by atoms with Crippen molar-refractivity contribution in [1.82, 2.24) is 9.88 Å². The number of anilines is 3. The van der Waals surface area contributed by atoms with Crippen LogP contribution in [0.3, 0.4) is 0 Å². The fourth-order valence-corrected chi connectivity index (χ4v) is 5.64. The number of rotatable bonds is 5. The highest BCUT2D eigenvalue weighted by Gasteiger charge is 2.26. The minimum absolute atomic E-state index is 0.00463. The van der Waals surface area contributed by atoms with E-state index in [1.54, 1.807) is 25.4 Å². The Bertz CT molecular complexity index is 1460. The SMILES string of the molecule is COc1ccccc1N1CCN(c2ncc(C(=O)N3CCN(c4ccc(F)cc4)CC3)c3ccccc23)CC1. The molecule has 2 fully saturated rings. The van der Waals surface area contributed by atoms with Gasteiger partial charge >= 0.3 is 0 Å². The highest BCUT2D eigenvalue weighted by Crippen LogP contribution is 2.32. The zero-order chi connectivity index (χ0) is 26.8. The van der Waals surface area contributed by atoms with Crippen LogP contribution in [-0.2, 0) is 0 Å². The van der Waals surface area contributed by atoms with Crippen LogP contribution in [-0.4, -0.2) is 75.3 Å². The fraction of sp³-hybridized carbons (Fsp3) is 0.290. The van der Waals surface area contributed by atoms with Crippen molar-refractivity contribution in [2.24, 2.45) is 0 Å². The number of halogens is 1.